The first-order chi connectivity index (χ1) is 7.81. The maximum absolute atomic E-state index is 11.2. The fourth-order valence-electron chi connectivity index (χ4n) is 2.03. The van der Waals surface area contributed by atoms with Crippen LogP contribution in [0.15, 0.2) is 18.2 Å². The molecule has 4 nitrogen and oxygen atoms in total. The maximum Gasteiger partial charge on any atom is 0.224 e. The number of nitrogens with one attached hydrogen (secondary N) is 2. The van der Waals surface area contributed by atoms with Gasteiger partial charge in [-0.3, -0.25) is 4.79 Å². The molecule has 1 saturated heterocycles. The van der Waals surface area contributed by atoms with Gasteiger partial charge in [0.25, 0.3) is 0 Å². The molecule has 0 bridgehead atoms. The third-order valence-corrected chi connectivity index (χ3v) is 3.01. The van der Waals surface area contributed by atoms with Gasteiger partial charge in [-0.1, -0.05) is 0 Å². The zero-order chi connectivity index (χ0) is 11.0. The molecule has 2 aliphatic rings. The lowest BCUT2D eigenvalue weighted by Gasteiger charge is -2.28. The SMILES string of the molecule is O=C1CCc2cc(NC3COC3)ccc2N1. The Labute approximate surface area is 94.0 Å². The summed E-state index contributed by atoms with van der Waals surface area (Å²) in [6, 6.07) is 6.53. The number of aryl methyl sites for hydroxylation is 1. The molecule has 1 amide bonds. The third kappa shape index (κ3) is 1.76. The Hall–Kier alpha value is -1.55. The summed E-state index contributed by atoms with van der Waals surface area (Å²) in [5.74, 6) is 0.112. The second-order valence-electron chi connectivity index (χ2n) is 4.30. The van der Waals surface area contributed by atoms with Gasteiger partial charge in [-0.2, -0.15) is 0 Å². The third-order valence-electron chi connectivity index (χ3n) is 3.01. The molecule has 1 fully saturated rings. The highest BCUT2D eigenvalue weighted by atomic mass is 16.5. The van der Waals surface area contributed by atoms with Crippen molar-refractivity contribution in [1.82, 2.24) is 0 Å². The number of carbonyl (C=O) groups excluding carboxylic acids is 1. The van der Waals surface area contributed by atoms with Gasteiger partial charge in [0.15, 0.2) is 0 Å². The van der Waals surface area contributed by atoms with Gasteiger partial charge in [-0.05, 0) is 30.2 Å². The van der Waals surface area contributed by atoms with Crippen LogP contribution >= 0.6 is 0 Å². The number of amides is 1. The highest BCUT2D eigenvalue weighted by Crippen LogP contribution is 2.26. The van der Waals surface area contributed by atoms with E-state index in [1.165, 1.54) is 5.56 Å². The predicted molar refractivity (Wildman–Crippen MR) is 61.6 cm³/mol. The molecule has 1 aromatic carbocycles. The number of carbonyl (C=O) groups is 1. The number of hydrogen-bond acceptors (Lipinski definition) is 3. The lowest BCUT2D eigenvalue weighted by molar-refractivity contribution is -0.116. The summed E-state index contributed by atoms with van der Waals surface area (Å²) in [5.41, 5.74) is 3.28. The second kappa shape index (κ2) is 3.79. The monoisotopic (exact) mass is 218 g/mol. The fourth-order valence-corrected chi connectivity index (χ4v) is 2.03. The minimum Gasteiger partial charge on any atom is -0.378 e. The summed E-state index contributed by atoms with van der Waals surface area (Å²) in [6.07, 6.45) is 1.42. The molecule has 4 heteroatoms. The Morgan fingerprint density at radius 2 is 2.19 bits per heavy atom. The van der Waals surface area contributed by atoms with E-state index < -0.39 is 0 Å². The smallest absolute Gasteiger partial charge is 0.224 e. The van der Waals surface area contributed by atoms with E-state index >= 15 is 0 Å². The number of anilines is 2. The van der Waals surface area contributed by atoms with Gasteiger partial charge in [0.2, 0.25) is 5.91 Å². The molecule has 1 aromatic rings. The van der Waals surface area contributed by atoms with Gasteiger partial charge >= 0.3 is 0 Å². The van der Waals surface area contributed by atoms with Crippen LogP contribution in [-0.4, -0.2) is 25.2 Å². The summed E-state index contributed by atoms with van der Waals surface area (Å²) in [4.78, 5) is 11.2. The Balaban J connectivity index is 1.78. The summed E-state index contributed by atoms with van der Waals surface area (Å²) < 4.78 is 5.11. The first-order valence-electron chi connectivity index (χ1n) is 5.58. The van der Waals surface area contributed by atoms with E-state index in [9.17, 15) is 4.79 Å². The molecule has 0 aliphatic carbocycles. The second-order valence-corrected chi connectivity index (χ2v) is 4.30. The van der Waals surface area contributed by atoms with Crippen molar-refractivity contribution in [3.8, 4) is 0 Å². The molecule has 0 spiro atoms. The van der Waals surface area contributed by atoms with Crippen LogP contribution in [0.2, 0.25) is 0 Å². The molecule has 0 radical (unpaired) electrons. The molecule has 2 heterocycles. The van der Waals surface area contributed by atoms with E-state index in [1.54, 1.807) is 0 Å². The lowest BCUT2D eigenvalue weighted by Crippen LogP contribution is -2.40. The van der Waals surface area contributed by atoms with Crippen LogP contribution in [0.1, 0.15) is 12.0 Å². The fraction of sp³-hybridized carbons (Fsp3) is 0.417. The van der Waals surface area contributed by atoms with E-state index in [-0.39, 0.29) is 5.91 Å². The van der Waals surface area contributed by atoms with Crippen LogP contribution in [0.4, 0.5) is 11.4 Å². The van der Waals surface area contributed by atoms with E-state index in [0.717, 1.165) is 31.0 Å². The van der Waals surface area contributed by atoms with Crippen molar-refractivity contribution >= 4 is 17.3 Å². The molecular weight excluding hydrogens is 204 g/mol. The Morgan fingerprint density at radius 1 is 1.31 bits per heavy atom. The average Bonchev–Trinajstić information content (AvgIpc) is 2.23. The highest BCUT2D eigenvalue weighted by Gasteiger charge is 2.19. The number of ether oxygens (including phenoxy) is 1. The van der Waals surface area contributed by atoms with Crippen LogP contribution in [-0.2, 0) is 16.0 Å². The minimum absolute atomic E-state index is 0.112. The lowest BCUT2D eigenvalue weighted by atomic mass is 10.0. The molecular formula is C12H14N2O2. The topological polar surface area (TPSA) is 50.4 Å². The van der Waals surface area contributed by atoms with Crippen LogP contribution < -0.4 is 10.6 Å². The van der Waals surface area contributed by atoms with Crippen LogP contribution in [0.25, 0.3) is 0 Å². The molecule has 0 atom stereocenters. The van der Waals surface area contributed by atoms with Crippen LogP contribution in [0.5, 0.6) is 0 Å². The van der Waals surface area contributed by atoms with Crippen molar-refractivity contribution in [2.24, 2.45) is 0 Å². The molecule has 0 aromatic heterocycles. The molecule has 0 saturated carbocycles. The number of hydrogen-bond donors (Lipinski definition) is 2. The van der Waals surface area contributed by atoms with E-state index in [1.807, 2.05) is 12.1 Å². The van der Waals surface area contributed by atoms with Gasteiger partial charge in [0.1, 0.15) is 0 Å². The number of fused-ring (bicyclic) bond motifs is 1. The van der Waals surface area contributed by atoms with Gasteiger partial charge in [0, 0.05) is 17.8 Å². The Bertz CT molecular complexity index is 427. The largest absolute Gasteiger partial charge is 0.378 e. The molecule has 16 heavy (non-hydrogen) atoms. The number of benzene rings is 1. The normalized spacial score (nSPS) is 19.6. The highest BCUT2D eigenvalue weighted by molar-refractivity contribution is 5.94. The van der Waals surface area contributed by atoms with E-state index in [2.05, 4.69) is 16.7 Å². The predicted octanol–water partition coefficient (Wildman–Crippen LogP) is 1.38. The first-order valence-corrected chi connectivity index (χ1v) is 5.58. The van der Waals surface area contributed by atoms with Crippen molar-refractivity contribution in [2.45, 2.75) is 18.9 Å². The Kier molecular flexibility index (Phi) is 2.29. The van der Waals surface area contributed by atoms with Gasteiger partial charge < -0.3 is 15.4 Å². The summed E-state index contributed by atoms with van der Waals surface area (Å²) in [5, 5.41) is 6.28. The van der Waals surface area contributed by atoms with Gasteiger partial charge in [0.05, 0.1) is 19.3 Å². The average molecular weight is 218 g/mol. The van der Waals surface area contributed by atoms with Crippen molar-refractivity contribution in [1.29, 1.82) is 0 Å². The molecule has 2 aliphatic heterocycles. The van der Waals surface area contributed by atoms with Crippen molar-refractivity contribution < 1.29 is 9.53 Å². The maximum atomic E-state index is 11.2. The van der Waals surface area contributed by atoms with Crippen LogP contribution in [0, 0.1) is 0 Å². The first kappa shape index (κ1) is 9.66. The van der Waals surface area contributed by atoms with Crippen LogP contribution in [0.3, 0.4) is 0 Å². The van der Waals surface area contributed by atoms with Crippen molar-refractivity contribution in [3.63, 3.8) is 0 Å². The van der Waals surface area contributed by atoms with Crippen molar-refractivity contribution in [2.75, 3.05) is 23.8 Å². The molecule has 2 N–H and O–H groups in total. The van der Waals surface area contributed by atoms with E-state index in [0.29, 0.717) is 12.5 Å². The summed E-state index contributed by atoms with van der Waals surface area (Å²) >= 11 is 0. The van der Waals surface area contributed by atoms with Crippen molar-refractivity contribution in [3.05, 3.63) is 23.8 Å². The number of rotatable bonds is 2. The quantitative estimate of drug-likeness (QED) is 0.788. The zero-order valence-electron chi connectivity index (χ0n) is 8.95. The zero-order valence-corrected chi connectivity index (χ0v) is 8.95. The molecule has 3 rings (SSSR count). The van der Waals surface area contributed by atoms with E-state index in [4.69, 9.17) is 4.74 Å². The minimum atomic E-state index is 0.112. The molecule has 84 valence electrons. The Morgan fingerprint density at radius 3 is 2.94 bits per heavy atom. The van der Waals surface area contributed by atoms with Gasteiger partial charge in [-0.15, -0.1) is 0 Å². The van der Waals surface area contributed by atoms with Gasteiger partial charge in [-0.25, -0.2) is 0 Å². The standard InChI is InChI=1S/C12H14N2O2/c15-12-4-1-8-5-9(2-3-11(8)14-12)13-10-6-16-7-10/h2-3,5,10,13H,1,4,6-7H2,(H,14,15). The summed E-state index contributed by atoms with van der Waals surface area (Å²) in [7, 11) is 0. The molecule has 0 unspecified atom stereocenters. The summed E-state index contributed by atoms with van der Waals surface area (Å²) in [6.45, 7) is 1.57.